The van der Waals surface area contributed by atoms with E-state index in [1.165, 1.54) is 12.8 Å². The van der Waals surface area contributed by atoms with Gasteiger partial charge in [-0.25, -0.2) is 9.78 Å². The number of carbonyl (C=O) groups is 1. The molecule has 0 aromatic carbocycles. The molecule has 2 amide bonds. The highest BCUT2D eigenvalue weighted by Crippen LogP contribution is 2.29. The van der Waals surface area contributed by atoms with Gasteiger partial charge in [-0.15, -0.1) is 0 Å². The molecular formula is C18H26N4O3. The molecule has 4 rings (SSSR count). The largest absolute Gasteiger partial charge is 0.477 e. The lowest BCUT2D eigenvalue weighted by molar-refractivity contribution is -0.0365. The second kappa shape index (κ2) is 7.58. The fraction of sp³-hybridized carbons (Fsp3) is 0.667. The van der Waals surface area contributed by atoms with Gasteiger partial charge in [0.15, 0.2) is 0 Å². The maximum Gasteiger partial charge on any atom is 0.317 e. The third-order valence-electron chi connectivity index (χ3n) is 5.13. The minimum atomic E-state index is -0.0116. The summed E-state index contributed by atoms with van der Waals surface area (Å²) in [5.74, 6) is 1.35. The van der Waals surface area contributed by atoms with E-state index >= 15 is 0 Å². The van der Waals surface area contributed by atoms with Gasteiger partial charge in [0.25, 0.3) is 0 Å². The highest BCUT2D eigenvalue weighted by Gasteiger charge is 2.31. The molecular weight excluding hydrogens is 320 g/mol. The van der Waals surface area contributed by atoms with Crippen LogP contribution in [-0.2, 0) is 11.3 Å². The Hall–Kier alpha value is -1.86. The van der Waals surface area contributed by atoms with E-state index in [0.29, 0.717) is 24.4 Å². The molecule has 1 aromatic rings. The molecule has 3 heterocycles. The predicted molar refractivity (Wildman–Crippen MR) is 92.4 cm³/mol. The summed E-state index contributed by atoms with van der Waals surface area (Å²) in [7, 11) is 0. The average Bonchev–Trinajstić information content (AvgIpc) is 3.49. The Morgan fingerprint density at radius 2 is 2.28 bits per heavy atom. The smallest absolute Gasteiger partial charge is 0.317 e. The summed E-state index contributed by atoms with van der Waals surface area (Å²) in [6, 6.07) is 4.14. The Labute approximate surface area is 148 Å². The van der Waals surface area contributed by atoms with Crippen molar-refractivity contribution in [3.63, 3.8) is 0 Å². The Kier molecular flexibility index (Phi) is 5.03. The van der Waals surface area contributed by atoms with Gasteiger partial charge in [0.05, 0.1) is 25.9 Å². The van der Waals surface area contributed by atoms with Gasteiger partial charge < -0.3 is 19.7 Å². The van der Waals surface area contributed by atoms with Crippen molar-refractivity contribution < 1.29 is 14.3 Å². The number of rotatable bonds is 5. The molecule has 25 heavy (non-hydrogen) atoms. The number of morpholine rings is 1. The third kappa shape index (κ3) is 4.41. The second-order valence-corrected chi connectivity index (χ2v) is 7.13. The van der Waals surface area contributed by atoms with Crippen molar-refractivity contribution in [3.8, 4) is 5.88 Å². The van der Waals surface area contributed by atoms with Crippen molar-refractivity contribution in [3.05, 3.63) is 23.9 Å². The van der Waals surface area contributed by atoms with Gasteiger partial charge >= 0.3 is 6.03 Å². The lowest BCUT2D eigenvalue weighted by Gasteiger charge is -2.43. The number of fused-ring (bicyclic) bond motifs is 1. The van der Waals surface area contributed by atoms with Crippen LogP contribution in [0.5, 0.6) is 5.88 Å². The quantitative estimate of drug-likeness (QED) is 0.865. The van der Waals surface area contributed by atoms with Crippen LogP contribution in [0.4, 0.5) is 4.79 Å². The van der Waals surface area contributed by atoms with Crippen LogP contribution in [0, 0.1) is 5.92 Å². The molecule has 0 spiro atoms. The molecule has 3 fully saturated rings. The van der Waals surface area contributed by atoms with Crippen molar-refractivity contribution in [1.29, 1.82) is 0 Å². The van der Waals surface area contributed by atoms with E-state index < -0.39 is 0 Å². The molecule has 1 aliphatic carbocycles. The molecule has 0 bridgehead atoms. The summed E-state index contributed by atoms with van der Waals surface area (Å²) in [5, 5.41) is 3.01. The molecule has 2 saturated heterocycles. The van der Waals surface area contributed by atoms with Crippen LogP contribution in [0.3, 0.4) is 0 Å². The number of aromatic nitrogens is 1. The number of nitrogens with zero attached hydrogens (tertiary/aromatic N) is 3. The molecule has 7 heteroatoms. The van der Waals surface area contributed by atoms with Gasteiger partial charge in [-0.3, -0.25) is 4.90 Å². The first-order valence-corrected chi connectivity index (χ1v) is 9.20. The number of nitrogens with one attached hydrogen (secondary N) is 1. The van der Waals surface area contributed by atoms with E-state index in [4.69, 9.17) is 9.47 Å². The summed E-state index contributed by atoms with van der Waals surface area (Å²) in [5.41, 5.74) is 1.01. The first-order valence-electron chi connectivity index (χ1n) is 9.20. The van der Waals surface area contributed by atoms with Crippen LogP contribution in [0.25, 0.3) is 0 Å². The Bertz CT molecular complexity index is 608. The van der Waals surface area contributed by atoms with Gasteiger partial charge in [0.1, 0.15) is 0 Å². The molecule has 7 nitrogen and oxygen atoms in total. The monoisotopic (exact) mass is 346 g/mol. The second-order valence-electron chi connectivity index (χ2n) is 7.13. The third-order valence-corrected chi connectivity index (χ3v) is 5.13. The van der Waals surface area contributed by atoms with Crippen LogP contribution in [0.2, 0.25) is 0 Å². The van der Waals surface area contributed by atoms with Crippen molar-refractivity contribution >= 4 is 6.03 Å². The predicted octanol–water partition coefficient (Wildman–Crippen LogP) is 1.10. The van der Waals surface area contributed by atoms with E-state index in [-0.39, 0.29) is 6.03 Å². The van der Waals surface area contributed by atoms with Gasteiger partial charge in [-0.05, 0) is 30.4 Å². The lowest BCUT2D eigenvalue weighted by Crippen LogP contribution is -2.60. The van der Waals surface area contributed by atoms with E-state index in [1.54, 1.807) is 6.20 Å². The number of hydrogen-bond donors (Lipinski definition) is 1. The molecule has 1 N–H and O–H groups in total. The van der Waals surface area contributed by atoms with Crippen molar-refractivity contribution in [2.45, 2.75) is 25.4 Å². The molecule has 1 unspecified atom stereocenters. The van der Waals surface area contributed by atoms with Gasteiger partial charge in [0.2, 0.25) is 5.88 Å². The fourth-order valence-corrected chi connectivity index (χ4v) is 3.35. The Balaban J connectivity index is 1.26. The first kappa shape index (κ1) is 16.6. The lowest BCUT2D eigenvalue weighted by atomic mass is 10.1. The molecule has 3 aliphatic rings. The number of ether oxygens (including phenoxy) is 2. The zero-order valence-electron chi connectivity index (χ0n) is 14.5. The number of pyridine rings is 1. The van der Waals surface area contributed by atoms with Crippen molar-refractivity contribution in [1.82, 2.24) is 20.1 Å². The summed E-state index contributed by atoms with van der Waals surface area (Å²) in [6.45, 7) is 6.16. The first-order chi connectivity index (χ1) is 12.3. The van der Waals surface area contributed by atoms with Crippen LogP contribution in [0.15, 0.2) is 18.3 Å². The number of piperazine rings is 1. The van der Waals surface area contributed by atoms with E-state index in [2.05, 4.69) is 15.2 Å². The summed E-state index contributed by atoms with van der Waals surface area (Å²) < 4.78 is 11.2. The molecule has 2 aliphatic heterocycles. The zero-order valence-corrected chi connectivity index (χ0v) is 14.5. The standard InChI is InChI=1S/C18H26N4O3/c23-18(22-6-5-21-7-8-24-13-16(21)11-22)20-10-15-3-4-19-17(9-15)25-12-14-1-2-14/h3-4,9,14,16H,1-2,5-8,10-13H2,(H,20,23). The molecule has 136 valence electrons. The average molecular weight is 346 g/mol. The maximum atomic E-state index is 12.5. The SMILES string of the molecule is O=C(NCc1ccnc(OCC2CC2)c1)N1CCN2CCOCC2C1. The van der Waals surface area contributed by atoms with Gasteiger partial charge in [-0.1, -0.05) is 0 Å². The minimum Gasteiger partial charge on any atom is -0.477 e. The Morgan fingerprint density at radius 1 is 1.36 bits per heavy atom. The summed E-state index contributed by atoms with van der Waals surface area (Å²) >= 11 is 0. The van der Waals surface area contributed by atoms with Crippen LogP contribution >= 0.6 is 0 Å². The normalized spacial score (nSPS) is 23.8. The zero-order chi connectivity index (χ0) is 17.1. The van der Waals surface area contributed by atoms with Crippen molar-refractivity contribution in [2.75, 3.05) is 46.0 Å². The van der Waals surface area contributed by atoms with E-state index in [0.717, 1.165) is 51.6 Å². The van der Waals surface area contributed by atoms with Crippen LogP contribution in [0.1, 0.15) is 18.4 Å². The fourth-order valence-electron chi connectivity index (χ4n) is 3.35. The summed E-state index contributed by atoms with van der Waals surface area (Å²) in [6.07, 6.45) is 4.26. The Morgan fingerprint density at radius 3 is 3.16 bits per heavy atom. The topological polar surface area (TPSA) is 66.9 Å². The number of carbonyl (C=O) groups excluding carboxylic acids is 1. The molecule has 1 atom stereocenters. The minimum absolute atomic E-state index is 0.0116. The summed E-state index contributed by atoms with van der Waals surface area (Å²) in [4.78, 5) is 21.0. The van der Waals surface area contributed by atoms with Crippen LogP contribution < -0.4 is 10.1 Å². The van der Waals surface area contributed by atoms with Crippen molar-refractivity contribution in [2.24, 2.45) is 5.92 Å². The highest BCUT2D eigenvalue weighted by atomic mass is 16.5. The van der Waals surface area contributed by atoms with Gasteiger partial charge in [-0.2, -0.15) is 0 Å². The molecule has 0 radical (unpaired) electrons. The molecule has 1 aromatic heterocycles. The molecule has 1 saturated carbocycles. The number of hydrogen-bond acceptors (Lipinski definition) is 5. The maximum absolute atomic E-state index is 12.5. The number of urea groups is 1. The number of amides is 2. The van der Waals surface area contributed by atoms with Crippen LogP contribution in [-0.4, -0.2) is 72.9 Å². The van der Waals surface area contributed by atoms with Gasteiger partial charge in [0, 0.05) is 45.0 Å². The van der Waals surface area contributed by atoms with E-state index in [9.17, 15) is 4.79 Å². The van der Waals surface area contributed by atoms with E-state index in [1.807, 2.05) is 17.0 Å². The highest BCUT2D eigenvalue weighted by molar-refractivity contribution is 5.74.